The molecule has 0 amide bonds. The number of nitrogen functional groups attached to an aromatic ring is 2. The Morgan fingerprint density at radius 1 is 0.464 bits per heavy atom. The molecule has 0 spiro atoms. The van der Waals surface area contributed by atoms with Gasteiger partial charge in [0.25, 0.3) is 0 Å². The highest BCUT2D eigenvalue weighted by Gasteiger charge is 2.18. The van der Waals surface area contributed by atoms with E-state index in [4.69, 9.17) is 11.5 Å². The van der Waals surface area contributed by atoms with Crippen molar-refractivity contribution in [3.63, 3.8) is 0 Å². The van der Waals surface area contributed by atoms with Crippen molar-refractivity contribution in [2.45, 2.75) is 13.8 Å². The molecule has 0 saturated carbocycles. The quantitative estimate of drug-likeness (QED) is 0.409. The van der Waals surface area contributed by atoms with E-state index in [2.05, 4.69) is 74.5 Å². The summed E-state index contributed by atoms with van der Waals surface area (Å²) in [5.74, 6) is 0. The van der Waals surface area contributed by atoms with Gasteiger partial charge in [-0.3, -0.25) is 0 Å². The van der Waals surface area contributed by atoms with Gasteiger partial charge in [0, 0.05) is 22.5 Å². The first kappa shape index (κ1) is 17.9. The van der Waals surface area contributed by atoms with Crippen LogP contribution in [0, 0.1) is 13.8 Å². The summed E-state index contributed by atoms with van der Waals surface area (Å²) in [6.07, 6.45) is 0. The molecule has 0 bridgehead atoms. The lowest BCUT2D eigenvalue weighted by Gasteiger charge is -2.20. The normalized spacial score (nSPS) is 10.8. The third-order valence-corrected chi connectivity index (χ3v) is 5.41. The fraction of sp³-hybridized carbons (Fsp3) is 0.0769. The molecule has 0 atom stereocenters. The predicted molar refractivity (Wildman–Crippen MR) is 121 cm³/mol. The van der Waals surface area contributed by atoms with Crippen LogP contribution in [0.2, 0.25) is 0 Å². The first-order chi connectivity index (χ1) is 13.6. The van der Waals surface area contributed by atoms with E-state index in [0.717, 1.165) is 33.6 Å². The summed E-state index contributed by atoms with van der Waals surface area (Å²) >= 11 is 0. The Labute approximate surface area is 166 Å². The van der Waals surface area contributed by atoms with Gasteiger partial charge in [-0.15, -0.1) is 0 Å². The summed E-state index contributed by atoms with van der Waals surface area (Å²) in [5.41, 5.74) is 23.5. The molecule has 4 aromatic rings. The van der Waals surface area contributed by atoms with Crippen molar-refractivity contribution in [2.75, 3.05) is 11.5 Å². The van der Waals surface area contributed by atoms with Gasteiger partial charge in [-0.05, 0) is 59.4 Å². The molecule has 0 aliphatic rings. The topological polar surface area (TPSA) is 52.0 Å². The first-order valence-corrected chi connectivity index (χ1v) is 9.47. The van der Waals surface area contributed by atoms with E-state index >= 15 is 0 Å². The summed E-state index contributed by atoms with van der Waals surface area (Å²) in [4.78, 5) is 0. The molecule has 4 rings (SSSR count). The lowest BCUT2D eigenvalue weighted by atomic mass is 9.86. The van der Waals surface area contributed by atoms with E-state index in [9.17, 15) is 0 Å². The highest BCUT2D eigenvalue weighted by molar-refractivity contribution is 5.95. The molecule has 0 fully saturated rings. The molecule has 0 aliphatic carbocycles. The smallest absolute Gasteiger partial charge is 0.0397 e. The van der Waals surface area contributed by atoms with Crippen LogP contribution in [0.5, 0.6) is 0 Å². The molecule has 2 nitrogen and oxygen atoms in total. The van der Waals surface area contributed by atoms with Crippen LogP contribution in [0.3, 0.4) is 0 Å². The van der Waals surface area contributed by atoms with E-state index < -0.39 is 0 Å². The number of nitrogens with two attached hydrogens (primary N) is 2. The van der Waals surface area contributed by atoms with Crippen LogP contribution in [0.25, 0.3) is 33.4 Å². The second-order valence-electron chi connectivity index (χ2n) is 7.14. The Morgan fingerprint density at radius 2 is 0.821 bits per heavy atom. The zero-order valence-corrected chi connectivity index (χ0v) is 16.2. The summed E-state index contributed by atoms with van der Waals surface area (Å²) in [5, 5.41) is 0. The Morgan fingerprint density at radius 3 is 1.18 bits per heavy atom. The first-order valence-electron chi connectivity index (χ1n) is 9.47. The Kier molecular flexibility index (Phi) is 4.62. The van der Waals surface area contributed by atoms with Crippen LogP contribution in [0.4, 0.5) is 11.4 Å². The maximum atomic E-state index is 6.47. The van der Waals surface area contributed by atoms with Gasteiger partial charge in [-0.2, -0.15) is 0 Å². The molecule has 28 heavy (non-hydrogen) atoms. The highest BCUT2D eigenvalue weighted by atomic mass is 14.6. The summed E-state index contributed by atoms with van der Waals surface area (Å²) in [6.45, 7) is 4.25. The predicted octanol–water partition coefficient (Wildman–Crippen LogP) is 6.47. The second-order valence-corrected chi connectivity index (χ2v) is 7.14. The molecule has 2 heteroatoms. The van der Waals surface area contributed by atoms with E-state index in [1.807, 2.05) is 24.3 Å². The van der Waals surface area contributed by atoms with Crippen LogP contribution < -0.4 is 11.5 Å². The fourth-order valence-electron chi connectivity index (χ4n) is 3.99. The van der Waals surface area contributed by atoms with Crippen molar-refractivity contribution in [1.82, 2.24) is 0 Å². The molecular weight excluding hydrogens is 340 g/mol. The summed E-state index contributed by atoms with van der Waals surface area (Å²) in [7, 11) is 0. The number of benzene rings is 4. The Balaban J connectivity index is 1.98. The lowest BCUT2D eigenvalue weighted by Crippen LogP contribution is -2.01. The third-order valence-electron chi connectivity index (χ3n) is 5.41. The average Bonchev–Trinajstić information content (AvgIpc) is 2.72. The highest BCUT2D eigenvalue weighted by Crippen LogP contribution is 2.42. The standard InChI is InChI=1S/C26H24N2/c1-17-21(19-9-5-3-6-10-19)13-15-23(27)25(17)26-18(2)22(14-16-24(26)28)20-11-7-4-8-12-20/h3-16H,27-28H2,1-2H3. The zero-order valence-electron chi connectivity index (χ0n) is 16.2. The maximum Gasteiger partial charge on any atom is 0.0397 e. The average molecular weight is 364 g/mol. The largest absolute Gasteiger partial charge is 0.398 e. The summed E-state index contributed by atoms with van der Waals surface area (Å²) < 4.78 is 0. The van der Waals surface area contributed by atoms with E-state index in [-0.39, 0.29) is 0 Å². The monoisotopic (exact) mass is 364 g/mol. The van der Waals surface area contributed by atoms with Gasteiger partial charge in [-0.1, -0.05) is 72.8 Å². The lowest BCUT2D eigenvalue weighted by molar-refractivity contribution is 1.40. The van der Waals surface area contributed by atoms with Crippen LogP contribution in [-0.4, -0.2) is 0 Å². The molecule has 0 heterocycles. The van der Waals surface area contributed by atoms with Crippen LogP contribution in [0.15, 0.2) is 84.9 Å². The van der Waals surface area contributed by atoms with Gasteiger partial charge in [0.2, 0.25) is 0 Å². The Hall–Kier alpha value is -3.52. The third kappa shape index (κ3) is 3.03. The van der Waals surface area contributed by atoms with Crippen molar-refractivity contribution in [2.24, 2.45) is 0 Å². The molecule has 0 saturated heterocycles. The molecule has 138 valence electrons. The van der Waals surface area contributed by atoms with Crippen molar-refractivity contribution in [1.29, 1.82) is 0 Å². The van der Waals surface area contributed by atoms with Gasteiger partial charge >= 0.3 is 0 Å². The minimum atomic E-state index is 0.747. The van der Waals surface area contributed by atoms with Gasteiger partial charge < -0.3 is 11.5 Å². The number of hydrogen-bond donors (Lipinski definition) is 2. The molecule has 4 N–H and O–H groups in total. The molecular formula is C26H24N2. The maximum absolute atomic E-state index is 6.47. The van der Waals surface area contributed by atoms with Crippen LogP contribution >= 0.6 is 0 Å². The van der Waals surface area contributed by atoms with Crippen molar-refractivity contribution < 1.29 is 0 Å². The van der Waals surface area contributed by atoms with Crippen molar-refractivity contribution >= 4 is 11.4 Å². The fourth-order valence-corrected chi connectivity index (χ4v) is 3.99. The van der Waals surface area contributed by atoms with Gasteiger partial charge in [0.15, 0.2) is 0 Å². The molecule has 4 aromatic carbocycles. The number of anilines is 2. The number of rotatable bonds is 3. The Bertz CT molecular complexity index is 1040. The SMILES string of the molecule is Cc1c(-c2ccccc2)ccc(N)c1-c1c(N)ccc(-c2ccccc2)c1C. The van der Waals surface area contributed by atoms with Crippen LogP contribution in [-0.2, 0) is 0 Å². The molecule has 0 aliphatic heterocycles. The van der Waals surface area contributed by atoms with Gasteiger partial charge in [0.1, 0.15) is 0 Å². The summed E-state index contributed by atoms with van der Waals surface area (Å²) in [6, 6.07) is 28.9. The molecule has 0 aromatic heterocycles. The molecule has 0 unspecified atom stereocenters. The van der Waals surface area contributed by atoms with Gasteiger partial charge in [0.05, 0.1) is 0 Å². The van der Waals surface area contributed by atoms with E-state index in [1.54, 1.807) is 0 Å². The minimum Gasteiger partial charge on any atom is -0.398 e. The number of hydrogen-bond acceptors (Lipinski definition) is 2. The molecule has 0 radical (unpaired) electrons. The van der Waals surface area contributed by atoms with E-state index in [1.165, 1.54) is 22.3 Å². The van der Waals surface area contributed by atoms with Crippen LogP contribution in [0.1, 0.15) is 11.1 Å². The van der Waals surface area contributed by atoms with Gasteiger partial charge in [-0.25, -0.2) is 0 Å². The zero-order chi connectivity index (χ0) is 19.7. The second kappa shape index (κ2) is 7.24. The van der Waals surface area contributed by atoms with Crippen molar-refractivity contribution in [3.8, 4) is 33.4 Å². The minimum absolute atomic E-state index is 0.747. The van der Waals surface area contributed by atoms with E-state index in [0.29, 0.717) is 0 Å². The van der Waals surface area contributed by atoms with Crippen molar-refractivity contribution in [3.05, 3.63) is 96.1 Å².